The first-order chi connectivity index (χ1) is 12.3. The highest BCUT2D eigenvalue weighted by Gasteiger charge is 2.25. The van der Waals surface area contributed by atoms with Crippen LogP contribution in [-0.2, 0) is 10.2 Å². The molecule has 0 aliphatic carbocycles. The van der Waals surface area contributed by atoms with Crippen LogP contribution in [0.15, 0.2) is 59.6 Å². The molecule has 0 saturated carbocycles. The summed E-state index contributed by atoms with van der Waals surface area (Å²) < 4.78 is 5.62. The third-order valence-electron chi connectivity index (χ3n) is 4.97. The van der Waals surface area contributed by atoms with Crippen molar-refractivity contribution >= 4 is 17.6 Å². The lowest BCUT2D eigenvalue weighted by atomic mass is 9.75. The molecule has 0 spiro atoms. The van der Waals surface area contributed by atoms with Gasteiger partial charge < -0.3 is 4.74 Å². The number of benzene rings is 2. The number of rotatable bonds is 6. The van der Waals surface area contributed by atoms with Gasteiger partial charge in [-0.1, -0.05) is 65.0 Å². The number of ether oxygens (including phenoxy) is 1. The van der Waals surface area contributed by atoms with Gasteiger partial charge in [-0.25, -0.2) is 9.79 Å². The predicted molar refractivity (Wildman–Crippen MR) is 108 cm³/mol. The molecule has 3 nitrogen and oxygen atoms in total. The second-order valence-electron chi connectivity index (χ2n) is 7.44. The maximum absolute atomic E-state index is 12.7. The van der Waals surface area contributed by atoms with Gasteiger partial charge in [-0.3, -0.25) is 0 Å². The van der Waals surface area contributed by atoms with Gasteiger partial charge in [0, 0.05) is 6.42 Å². The van der Waals surface area contributed by atoms with Crippen molar-refractivity contribution in [3.05, 3.63) is 65.7 Å². The molecule has 0 aliphatic rings. The molecule has 2 aromatic rings. The fraction of sp³-hybridized carbons (Fsp3) is 0.391. The summed E-state index contributed by atoms with van der Waals surface area (Å²) >= 11 is 0. The highest BCUT2D eigenvalue weighted by atomic mass is 16.5. The quantitative estimate of drug-likeness (QED) is 0.347. The first-order valence-electron chi connectivity index (χ1n) is 9.30. The molecule has 0 radical (unpaired) electrons. The Kier molecular flexibility index (Phi) is 6.73. The van der Waals surface area contributed by atoms with Crippen molar-refractivity contribution in [1.82, 2.24) is 0 Å². The summed E-state index contributed by atoms with van der Waals surface area (Å²) in [6, 6.07) is 17.3. The first kappa shape index (κ1) is 19.9. The molecular formula is C23H29NO2. The van der Waals surface area contributed by atoms with Gasteiger partial charge in [-0.15, -0.1) is 0 Å². The maximum Gasteiger partial charge on any atom is 0.344 e. The Morgan fingerprint density at radius 1 is 1.08 bits per heavy atom. The van der Waals surface area contributed by atoms with Crippen LogP contribution in [-0.4, -0.2) is 11.9 Å². The van der Waals surface area contributed by atoms with Gasteiger partial charge in [-0.05, 0) is 47.6 Å². The minimum atomic E-state index is -0.352. The number of carbonyl (C=O) groups is 1. The van der Waals surface area contributed by atoms with Crippen LogP contribution in [0.5, 0.6) is 0 Å². The minimum absolute atomic E-state index is 0.0132. The van der Waals surface area contributed by atoms with E-state index >= 15 is 0 Å². The molecule has 0 bridgehead atoms. The molecule has 2 rings (SSSR count). The third kappa shape index (κ3) is 5.04. The molecule has 0 amide bonds. The Bertz CT molecular complexity index is 761. The highest BCUT2D eigenvalue weighted by molar-refractivity contribution is 5.99. The van der Waals surface area contributed by atoms with E-state index < -0.39 is 0 Å². The van der Waals surface area contributed by atoms with E-state index in [4.69, 9.17) is 4.74 Å². The number of nitrogens with zero attached hydrogens (tertiary/aromatic N) is 1. The third-order valence-corrected chi connectivity index (χ3v) is 4.97. The number of hydrogen-bond acceptors (Lipinski definition) is 3. The average Bonchev–Trinajstić information content (AvgIpc) is 2.62. The Balaban J connectivity index is 2.24. The van der Waals surface area contributed by atoms with Crippen molar-refractivity contribution in [3.63, 3.8) is 0 Å². The van der Waals surface area contributed by atoms with Crippen LogP contribution in [0.1, 0.15) is 63.4 Å². The Morgan fingerprint density at radius 3 is 2.38 bits per heavy atom. The van der Waals surface area contributed by atoms with E-state index in [2.05, 4.69) is 38.8 Å². The van der Waals surface area contributed by atoms with Crippen molar-refractivity contribution < 1.29 is 9.53 Å². The molecule has 26 heavy (non-hydrogen) atoms. The van der Waals surface area contributed by atoms with Crippen LogP contribution in [0.25, 0.3) is 0 Å². The van der Waals surface area contributed by atoms with Gasteiger partial charge in [-0.2, -0.15) is 0 Å². The molecular weight excluding hydrogens is 322 g/mol. The molecule has 0 unspecified atom stereocenters. The van der Waals surface area contributed by atoms with Gasteiger partial charge in [0.25, 0.3) is 0 Å². The van der Waals surface area contributed by atoms with E-state index in [1.165, 1.54) is 0 Å². The maximum atomic E-state index is 12.7. The molecule has 0 heterocycles. The standard InChI is InChI=1S/C23H29NO2/c1-6-11-21(24-20-14-8-7-9-15-20)26-22(25)18-12-10-13-19(16-18)23(4,5)17(2)3/h7-10,12-17H,6,11H2,1-5H3. The van der Waals surface area contributed by atoms with Crippen molar-refractivity contribution in [1.29, 1.82) is 0 Å². The zero-order chi connectivity index (χ0) is 19.2. The Morgan fingerprint density at radius 2 is 1.77 bits per heavy atom. The summed E-state index contributed by atoms with van der Waals surface area (Å²) in [6.07, 6.45) is 1.48. The van der Waals surface area contributed by atoms with E-state index in [1.807, 2.05) is 49.4 Å². The smallest absolute Gasteiger partial charge is 0.344 e. The monoisotopic (exact) mass is 351 g/mol. The minimum Gasteiger partial charge on any atom is -0.408 e. The molecule has 0 aromatic heterocycles. The van der Waals surface area contributed by atoms with Gasteiger partial charge in [0.15, 0.2) is 5.90 Å². The normalized spacial score (nSPS) is 12.3. The zero-order valence-corrected chi connectivity index (χ0v) is 16.5. The highest BCUT2D eigenvalue weighted by Crippen LogP contribution is 2.31. The van der Waals surface area contributed by atoms with E-state index in [0.717, 1.165) is 17.7 Å². The van der Waals surface area contributed by atoms with Gasteiger partial charge in [0.05, 0.1) is 11.3 Å². The molecule has 0 N–H and O–H groups in total. The van der Waals surface area contributed by atoms with Crippen molar-refractivity contribution in [2.24, 2.45) is 10.9 Å². The fourth-order valence-corrected chi connectivity index (χ4v) is 2.54. The molecule has 0 fully saturated rings. The SMILES string of the molecule is CCCC(=Nc1ccccc1)OC(=O)c1cccc(C(C)(C)C(C)C)c1. The summed E-state index contributed by atoms with van der Waals surface area (Å²) in [4.78, 5) is 17.2. The van der Waals surface area contributed by atoms with Crippen LogP contribution < -0.4 is 0 Å². The lowest BCUT2D eigenvalue weighted by Gasteiger charge is -2.30. The molecule has 138 valence electrons. The second-order valence-corrected chi connectivity index (χ2v) is 7.44. The molecule has 0 saturated heterocycles. The van der Waals surface area contributed by atoms with Gasteiger partial charge >= 0.3 is 5.97 Å². The van der Waals surface area contributed by atoms with E-state index in [-0.39, 0.29) is 11.4 Å². The number of aliphatic imine (C=N–C) groups is 1. The zero-order valence-electron chi connectivity index (χ0n) is 16.5. The van der Waals surface area contributed by atoms with E-state index in [1.54, 1.807) is 6.07 Å². The summed E-state index contributed by atoms with van der Waals surface area (Å²) in [5.41, 5.74) is 2.48. The van der Waals surface area contributed by atoms with Gasteiger partial charge in [0.2, 0.25) is 0 Å². The molecule has 0 atom stereocenters. The second kappa shape index (κ2) is 8.79. The Labute approximate surface area is 157 Å². The lowest BCUT2D eigenvalue weighted by molar-refractivity contribution is 0.0711. The number of esters is 1. The summed E-state index contributed by atoms with van der Waals surface area (Å²) in [6.45, 7) is 10.8. The van der Waals surface area contributed by atoms with Crippen LogP contribution in [0.3, 0.4) is 0 Å². The number of para-hydroxylation sites is 1. The average molecular weight is 351 g/mol. The van der Waals surface area contributed by atoms with Crippen molar-refractivity contribution in [3.8, 4) is 0 Å². The fourth-order valence-electron chi connectivity index (χ4n) is 2.54. The first-order valence-corrected chi connectivity index (χ1v) is 9.30. The van der Waals surface area contributed by atoms with E-state index in [0.29, 0.717) is 23.8 Å². The largest absolute Gasteiger partial charge is 0.408 e. The Hall–Kier alpha value is -2.42. The molecule has 2 aromatic carbocycles. The summed E-state index contributed by atoms with van der Waals surface area (Å²) in [5, 5.41) is 0. The topological polar surface area (TPSA) is 38.7 Å². The van der Waals surface area contributed by atoms with Crippen molar-refractivity contribution in [2.75, 3.05) is 0 Å². The predicted octanol–water partition coefficient (Wildman–Crippen LogP) is 6.31. The molecule has 3 heteroatoms. The van der Waals surface area contributed by atoms with Crippen LogP contribution in [0.2, 0.25) is 0 Å². The van der Waals surface area contributed by atoms with Gasteiger partial charge in [0.1, 0.15) is 0 Å². The van der Waals surface area contributed by atoms with Crippen LogP contribution >= 0.6 is 0 Å². The summed E-state index contributed by atoms with van der Waals surface area (Å²) in [7, 11) is 0. The number of carbonyl (C=O) groups excluding carboxylic acids is 1. The number of hydrogen-bond donors (Lipinski definition) is 0. The van der Waals surface area contributed by atoms with Crippen LogP contribution in [0, 0.1) is 5.92 Å². The summed E-state index contributed by atoms with van der Waals surface area (Å²) in [5.74, 6) is 0.566. The van der Waals surface area contributed by atoms with Crippen LogP contribution in [0.4, 0.5) is 5.69 Å². The van der Waals surface area contributed by atoms with Crippen molar-refractivity contribution in [2.45, 2.75) is 52.9 Å². The molecule has 0 aliphatic heterocycles. The lowest BCUT2D eigenvalue weighted by Crippen LogP contribution is -2.24. The van der Waals surface area contributed by atoms with E-state index in [9.17, 15) is 4.79 Å².